The molecule has 2 aromatic carbocycles. The molecule has 1 aliphatic rings. The number of amides is 3. The molecule has 10 nitrogen and oxygen atoms in total. The zero-order valence-corrected chi connectivity index (χ0v) is 25.4. The molecule has 1 unspecified atom stereocenters. The zero-order valence-electron chi connectivity index (χ0n) is 22.3. The van der Waals surface area contributed by atoms with E-state index in [9.17, 15) is 14.4 Å². The normalized spacial score (nSPS) is 13.3. The lowest BCUT2D eigenvalue weighted by Gasteiger charge is -2.24. The number of halogens is 3. The second kappa shape index (κ2) is 12.5. The zero-order chi connectivity index (χ0) is 30.0. The van der Waals surface area contributed by atoms with E-state index in [1.54, 1.807) is 24.3 Å². The van der Waals surface area contributed by atoms with Crippen molar-refractivity contribution in [3.05, 3.63) is 98.2 Å². The highest BCUT2D eigenvalue weighted by Gasteiger charge is 2.34. The largest absolute Gasteiger partial charge is 0.444 e. The van der Waals surface area contributed by atoms with Gasteiger partial charge in [-0.05, 0) is 71.4 Å². The van der Waals surface area contributed by atoms with Crippen molar-refractivity contribution in [3.8, 4) is 5.82 Å². The highest BCUT2D eigenvalue weighted by molar-refractivity contribution is 9.10. The number of carbonyl (C=O) groups is 3. The van der Waals surface area contributed by atoms with Gasteiger partial charge in [0.25, 0.3) is 11.8 Å². The van der Waals surface area contributed by atoms with Crippen molar-refractivity contribution in [3.63, 3.8) is 0 Å². The molecule has 3 N–H and O–H groups in total. The van der Waals surface area contributed by atoms with Crippen LogP contribution in [0.2, 0.25) is 10.0 Å². The first-order valence-corrected chi connectivity index (χ1v) is 14.5. The van der Waals surface area contributed by atoms with E-state index in [2.05, 4.69) is 31.3 Å². The molecule has 3 amide bonds. The van der Waals surface area contributed by atoms with Crippen LogP contribution in [0.25, 0.3) is 5.82 Å². The summed E-state index contributed by atoms with van der Waals surface area (Å²) >= 11 is 16.2. The lowest BCUT2D eigenvalue weighted by molar-refractivity contribution is 0.0935. The number of ether oxygens (including phenoxy) is 1. The van der Waals surface area contributed by atoms with E-state index in [1.807, 2.05) is 25.1 Å². The number of nitrogens with zero attached hydrogens (tertiary/aromatic N) is 4. The Hall–Kier alpha value is -3.93. The number of nitrogens with one attached hydrogen (secondary N) is 1. The van der Waals surface area contributed by atoms with E-state index in [1.165, 1.54) is 24.4 Å². The molecule has 4 aromatic rings. The van der Waals surface area contributed by atoms with Crippen LogP contribution in [0.4, 0.5) is 16.3 Å². The number of hydrogen-bond donors (Lipinski definition) is 2. The highest BCUT2D eigenvalue weighted by atomic mass is 79.9. The van der Waals surface area contributed by atoms with E-state index in [4.69, 9.17) is 33.7 Å². The second-order valence-electron chi connectivity index (χ2n) is 9.73. The summed E-state index contributed by atoms with van der Waals surface area (Å²) in [6, 6.07) is 16.5. The monoisotopic (exact) mass is 670 g/mol. The molecular formula is C29H25BrCl2N6O4. The highest BCUT2D eigenvalue weighted by Crippen LogP contribution is 2.39. The van der Waals surface area contributed by atoms with Gasteiger partial charge in [0.15, 0.2) is 11.6 Å². The Morgan fingerprint density at radius 3 is 2.55 bits per heavy atom. The molecule has 2 heterocycles. The maximum Gasteiger partial charge on any atom is 0.420 e. The fourth-order valence-corrected chi connectivity index (χ4v) is 5.59. The van der Waals surface area contributed by atoms with Crippen LogP contribution in [0.15, 0.2) is 71.3 Å². The van der Waals surface area contributed by atoms with Crippen LogP contribution in [0.5, 0.6) is 0 Å². The van der Waals surface area contributed by atoms with Gasteiger partial charge in [-0.3, -0.25) is 9.59 Å². The summed E-state index contributed by atoms with van der Waals surface area (Å²) in [7, 11) is 0. The number of aromatic nitrogens is 3. The summed E-state index contributed by atoms with van der Waals surface area (Å²) in [6.45, 7) is 1.86. The molecule has 42 heavy (non-hydrogen) atoms. The number of carbonyl (C=O) groups excluding carboxylic acids is 3. The third kappa shape index (κ3) is 6.43. The van der Waals surface area contributed by atoms with Crippen molar-refractivity contribution in [1.29, 1.82) is 0 Å². The van der Waals surface area contributed by atoms with Crippen molar-refractivity contribution in [2.45, 2.75) is 32.4 Å². The lowest BCUT2D eigenvalue weighted by Crippen LogP contribution is -2.36. The number of nitrogens with two attached hydrogens (primary N) is 1. The van der Waals surface area contributed by atoms with Gasteiger partial charge < -0.3 is 15.8 Å². The van der Waals surface area contributed by atoms with Crippen LogP contribution in [-0.2, 0) is 11.3 Å². The van der Waals surface area contributed by atoms with E-state index in [0.717, 1.165) is 28.0 Å². The quantitative estimate of drug-likeness (QED) is 0.211. The number of pyridine rings is 1. The van der Waals surface area contributed by atoms with Crippen molar-refractivity contribution in [2.24, 2.45) is 11.7 Å². The molecule has 0 aliphatic heterocycles. The van der Waals surface area contributed by atoms with Gasteiger partial charge in [-0.1, -0.05) is 53.5 Å². The van der Waals surface area contributed by atoms with Crippen LogP contribution < -0.4 is 16.0 Å². The van der Waals surface area contributed by atoms with Crippen LogP contribution in [0.3, 0.4) is 0 Å². The van der Waals surface area contributed by atoms with E-state index in [-0.39, 0.29) is 51.3 Å². The smallest absolute Gasteiger partial charge is 0.420 e. The summed E-state index contributed by atoms with van der Waals surface area (Å²) in [5, 5.41) is 7.94. The van der Waals surface area contributed by atoms with Crippen molar-refractivity contribution < 1.29 is 19.1 Å². The maximum atomic E-state index is 13.9. The summed E-state index contributed by atoms with van der Waals surface area (Å²) in [5.41, 5.74) is 6.51. The number of benzene rings is 2. The van der Waals surface area contributed by atoms with Crippen molar-refractivity contribution in [1.82, 2.24) is 20.1 Å². The minimum absolute atomic E-state index is 0.0723. The van der Waals surface area contributed by atoms with Gasteiger partial charge in [0.2, 0.25) is 0 Å². The molecule has 0 spiro atoms. The Morgan fingerprint density at radius 2 is 1.88 bits per heavy atom. The Morgan fingerprint density at radius 1 is 1.14 bits per heavy atom. The second-order valence-corrected chi connectivity index (χ2v) is 11.4. The van der Waals surface area contributed by atoms with Gasteiger partial charge in [-0.2, -0.15) is 0 Å². The number of hydrogen-bond acceptors (Lipinski definition) is 6. The molecule has 0 bridgehead atoms. The van der Waals surface area contributed by atoms with Gasteiger partial charge in [-0.15, -0.1) is 5.10 Å². The van der Waals surface area contributed by atoms with E-state index < -0.39 is 17.9 Å². The van der Waals surface area contributed by atoms with Gasteiger partial charge in [0, 0.05) is 27.8 Å². The summed E-state index contributed by atoms with van der Waals surface area (Å²) in [4.78, 5) is 45.3. The summed E-state index contributed by atoms with van der Waals surface area (Å²) < 4.78 is 7.12. The average Bonchev–Trinajstić information content (AvgIpc) is 3.73. The van der Waals surface area contributed by atoms with E-state index >= 15 is 0 Å². The maximum absolute atomic E-state index is 13.9. The van der Waals surface area contributed by atoms with Gasteiger partial charge >= 0.3 is 6.09 Å². The predicted octanol–water partition coefficient (Wildman–Crippen LogP) is 6.44. The molecule has 0 radical (unpaired) electrons. The molecule has 1 atom stereocenters. The average molecular weight is 672 g/mol. The molecule has 2 aromatic heterocycles. The standard InChI is InChI=1S/C29H25BrCl2N6O4/c1-16(18-9-10-18)35-28(40)20-12-19(31)13-21(30)25(20)37(29(41)42-15-17-6-3-2-4-7-17)24-14-23(26(33)39)38(36-24)27-22(32)8-5-11-34-27/h2-8,11-14,16,18H,9-10,15H2,1H3,(H2,33,39)(H,35,40). The molecule has 13 heteroatoms. The predicted molar refractivity (Wildman–Crippen MR) is 162 cm³/mol. The van der Waals surface area contributed by atoms with Gasteiger partial charge in [0.05, 0.1) is 16.3 Å². The molecule has 1 aliphatic carbocycles. The SMILES string of the molecule is CC(NC(=O)c1cc(Cl)cc(Br)c1N(C(=O)OCc1ccccc1)c1cc(C(N)=O)n(-c2ncccc2Cl)n1)C1CC1. The Balaban J connectivity index is 1.64. The number of rotatable bonds is 9. The van der Waals surface area contributed by atoms with E-state index in [0.29, 0.717) is 10.4 Å². The Kier molecular flexibility index (Phi) is 8.81. The molecule has 1 saturated carbocycles. The molecule has 0 saturated heterocycles. The third-order valence-electron chi connectivity index (χ3n) is 6.69. The van der Waals surface area contributed by atoms with Crippen molar-refractivity contribution in [2.75, 3.05) is 4.90 Å². The van der Waals surface area contributed by atoms with Crippen LogP contribution in [-0.4, -0.2) is 38.7 Å². The van der Waals surface area contributed by atoms with Crippen LogP contribution >= 0.6 is 39.1 Å². The number of anilines is 2. The summed E-state index contributed by atoms with van der Waals surface area (Å²) in [6.07, 6.45) is 2.64. The molecule has 1 fully saturated rings. The summed E-state index contributed by atoms with van der Waals surface area (Å²) in [5.74, 6) is -0.877. The lowest BCUT2D eigenvalue weighted by atomic mass is 10.1. The first-order chi connectivity index (χ1) is 20.1. The van der Waals surface area contributed by atoms with Crippen LogP contribution in [0.1, 0.15) is 46.2 Å². The topological polar surface area (TPSA) is 132 Å². The fourth-order valence-electron chi connectivity index (χ4n) is 4.40. The Bertz CT molecular complexity index is 1660. The van der Waals surface area contributed by atoms with Gasteiger partial charge in [0.1, 0.15) is 12.3 Å². The molecule has 216 valence electrons. The molecular weight excluding hydrogens is 647 g/mol. The fraction of sp³-hybridized carbons (Fsp3) is 0.207. The number of primary amides is 1. The van der Waals surface area contributed by atoms with Crippen molar-refractivity contribution >= 4 is 68.5 Å². The Labute approximate surface area is 259 Å². The minimum Gasteiger partial charge on any atom is -0.444 e. The third-order valence-corrected chi connectivity index (χ3v) is 7.81. The minimum atomic E-state index is -0.876. The first-order valence-electron chi connectivity index (χ1n) is 13.0. The molecule has 5 rings (SSSR count). The first kappa shape index (κ1) is 29.6. The van der Waals surface area contributed by atoms with Gasteiger partial charge in [-0.25, -0.2) is 19.4 Å². The van der Waals surface area contributed by atoms with Crippen LogP contribution in [0, 0.1) is 5.92 Å².